The fraction of sp³-hybridized carbons (Fsp3) is 0.300. The van der Waals surface area contributed by atoms with Crippen molar-refractivity contribution < 1.29 is 14.6 Å². The van der Waals surface area contributed by atoms with Gasteiger partial charge in [-0.3, -0.25) is 18.9 Å². The highest BCUT2D eigenvalue weighted by Gasteiger charge is 2.33. The number of aryl methyl sites for hydroxylation is 1. The number of carbonyl (C=O) groups excluding carboxylic acids is 1. The third-order valence-corrected chi connectivity index (χ3v) is 8.79. The van der Waals surface area contributed by atoms with E-state index in [0.29, 0.717) is 48.7 Å². The molecule has 43 heavy (non-hydrogen) atoms. The number of ether oxygens (including phenoxy) is 1. The molecule has 4 heterocycles. The van der Waals surface area contributed by atoms with Crippen LogP contribution in [0.1, 0.15) is 24.0 Å². The van der Waals surface area contributed by atoms with Crippen LogP contribution in [0.5, 0.6) is 0 Å². The standard InChI is InChI=1S/C30H30ClN7O4S/c1-36-27(20-4-2-19(3-5-20)14-42-29(32)40)25-26(35-36)28(39)38(17-33-25)16-30(41)8-10-37(11-9-30)13-22-7-6-21(12-23(22)31)24-15-43-18-34-24/h2-7,12,15,17-18,41H,8-11,13-14,16H2,1H3,(H2,32,40). The Morgan fingerprint density at radius 3 is 2.53 bits per heavy atom. The van der Waals surface area contributed by atoms with Gasteiger partial charge in [-0.2, -0.15) is 5.10 Å². The summed E-state index contributed by atoms with van der Waals surface area (Å²) in [6.07, 6.45) is 1.66. The first-order valence-electron chi connectivity index (χ1n) is 13.7. The molecule has 0 saturated carbocycles. The highest BCUT2D eigenvalue weighted by atomic mass is 35.5. The molecule has 0 bridgehead atoms. The minimum Gasteiger partial charge on any atom is -0.445 e. The molecule has 222 valence electrons. The van der Waals surface area contributed by atoms with Gasteiger partial charge in [0.1, 0.15) is 12.1 Å². The molecule has 0 atom stereocenters. The van der Waals surface area contributed by atoms with E-state index in [9.17, 15) is 14.7 Å². The van der Waals surface area contributed by atoms with Gasteiger partial charge in [-0.05, 0) is 30.0 Å². The van der Waals surface area contributed by atoms with Gasteiger partial charge in [-0.1, -0.05) is 48.0 Å². The maximum atomic E-state index is 13.4. The van der Waals surface area contributed by atoms with Crippen LogP contribution in [0, 0.1) is 0 Å². The number of benzene rings is 2. The second-order valence-corrected chi connectivity index (χ2v) is 12.0. The van der Waals surface area contributed by atoms with E-state index in [1.54, 1.807) is 28.6 Å². The summed E-state index contributed by atoms with van der Waals surface area (Å²) in [5.41, 5.74) is 11.4. The molecule has 0 spiro atoms. The summed E-state index contributed by atoms with van der Waals surface area (Å²) < 4.78 is 7.92. The van der Waals surface area contributed by atoms with E-state index >= 15 is 0 Å². The minimum atomic E-state index is -1.05. The average molecular weight is 620 g/mol. The van der Waals surface area contributed by atoms with Crippen molar-refractivity contribution in [2.75, 3.05) is 13.1 Å². The van der Waals surface area contributed by atoms with Crippen molar-refractivity contribution in [2.45, 2.75) is 38.1 Å². The number of nitrogens with two attached hydrogens (primary N) is 1. The molecule has 0 aliphatic carbocycles. The van der Waals surface area contributed by atoms with E-state index in [-0.39, 0.29) is 24.2 Å². The topological polar surface area (TPSA) is 141 Å². The van der Waals surface area contributed by atoms with Crippen molar-refractivity contribution in [1.82, 2.24) is 29.2 Å². The maximum absolute atomic E-state index is 13.4. The predicted octanol–water partition coefficient (Wildman–Crippen LogP) is 4.20. The number of thiazole rings is 1. The largest absolute Gasteiger partial charge is 0.445 e. The SMILES string of the molecule is Cn1nc2c(=O)n(CC3(O)CCN(Cc4ccc(-c5cscn5)cc4Cl)CC3)cnc2c1-c1ccc(COC(N)=O)cc1. The van der Waals surface area contributed by atoms with E-state index in [2.05, 4.69) is 20.0 Å². The van der Waals surface area contributed by atoms with E-state index in [0.717, 1.165) is 27.9 Å². The molecular formula is C30H30ClN7O4S. The van der Waals surface area contributed by atoms with E-state index in [4.69, 9.17) is 22.1 Å². The fourth-order valence-corrected chi connectivity index (χ4v) is 6.28. The quantitative estimate of drug-likeness (QED) is 0.263. The van der Waals surface area contributed by atoms with Gasteiger partial charge >= 0.3 is 6.09 Å². The lowest BCUT2D eigenvalue weighted by molar-refractivity contribution is -0.0364. The van der Waals surface area contributed by atoms with Gasteiger partial charge in [0.15, 0.2) is 5.52 Å². The van der Waals surface area contributed by atoms with Crippen molar-refractivity contribution in [3.05, 3.63) is 86.2 Å². The Kier molecular flexibility index (Phi) is 8.01. The van der Waals surface area contributed by atoms with Gasteiger partial charge in [-0.25, -0.2) is 14.8 Å². The van der Waals surface area contributed by atoms with Gasteiger partial charge in [-0.15, -0.1) is 11.3 Å². The molecule has 1 amide bonds. The van der Waals surface area contributed by atoms with E-state index < -0.39 is 11.7 Å². The summed E-state index contributed by atoms with van der Waals surface area (Å²) in [5, 5.41) is 18.6. The number of aromatic nitrogens is 5. The summed E-state index contributed by atoms with van der Waals surface area (Å²) in [7, 11) is 1.76. The first kappa shape index (κ1) is 29.0. The van der Waals surface area contributed by atoms with E-state index in [1.807, 2.05) is 47.8 Å². The zero-order chi connectivity index (χ0) is 30.1. The van der Waals surface area contributed by atoms with Crippen LogP contribution in [0.3, 0.4) is 0 Å². The first-order chi connectivity index (χ1) is 20.7. The molecular weight excluding hydrogens is 590 g/mol. The highest BCUT2D eigenvalue weighted by Crippen LogP contribution is 2.30. The number of hydrogen-bond donors (Lipinski definition) is 2. The molecule has 1 aliphatic heterocycles. The van der Waals surface area contributed by atoms with Crippen LogP contribution >= 0.6 is 22.9 Å². The molecule has 0 unspecified atom stereocenters. The number of piperidine rings is 1. The molecule has 1 saturated heterocycles. The van der Waals surface area contributed by atoms with Crippen molar-refractivity contribution in [2.24, 2.45) is 12.8 Å². The Morgan fingerprint density at radius 2 is 1.86 bits per heavy atom. The normalized spacial score (nSPS) is 15.1. The monoisotopic (exact) mass is 619 g/mol. The number of nitrogens with zero attached hydrogens (tertiary/aromatic N) is 6. The molecule has 6 rings (SSSR count). The summed E-state index contributed by atoms with van der Waals surface area (Å²) in [6, 6.07) is 13.3. The molecule has 3 N–H and O–H groups in total. The number of fused-ring (bicyclic) bond motifs is 1. The molecule has 1 aliphatic rings. The summed E-state index contributed by atoms with van der Waals surface area (Å²) in [6.45, 7) is 2.21. The fourth-order valence-electron chi connectivity index (χ4n) is 5.48. The van der Waals surface area contributed by atoms with Crippen LogP contribution in [0.25, 0.3) is 33.5 Å². The van der Waals surface area contributed by atoms with Gasteiger partial charge in [0, 0.05) is 48.2 Å². The third kappa shape index (κ3) is 6.18. The molecule has 3 aromatic heterocycles. The van der Waals surface area contributed by atoms with E-state index in [1.165, 1.54) is 10.9 Å². The Labute approximate surface area is 256 Å². The number of likely N-dealkylation sites (tertiary alicyclic amines) is 1. The second-order valence-electron chi connectivity index (χ2n) is 10.8. The summed E-state index contributed by atoms with van der Waals surface area (Å²) in [5.74, 6) is 0. The predicted molar refractivity (Wildman–Crippen MR) is 165 cm³/mol. The van der Waals surface area contributed by atoms with Crippen molar-refractivity contribution in [1.29, 1.82) is 0 Å². The molecule has 2 aromatic carbocycles. The Morgan fingerprint density at radius 1 is 1.12 bits per heavy atom. The Hall–Kier alpha value is -4.10. The smallest absolute Gasteiger partial charge is 0.404 e. The second kappa shape index (κ2) is 11.9. The number of rotatable bonds is 8. The van der Waals surface area contributed by atoms with Gasteiger partial charge in [0.2, 0.25) is 0 Å². The van der Waals surface area contributed by atoms with Crippen molar-refractivity contribution in [3.63, 3.8) is 0 Å². The number of halogens is 1. The lowest BCUT2D eigenvalue weighted by Gasteiger charge is -2.38. The minimum absolute atomic E-state index is 0.0695. The van der Waals surface area contributed by atoms with Crippen LogP contribution in [0.15, 0.2) is 64.5 Å². The van der Waals surface area contributed by atoms with Crippen molar-refractivity contribution in [3.8, 4) is 22.5 Å². The van der Waals surface area contributed by atoms with Gasteiger partial charge < -0.3 is 15.6 Å². The van der Waals surface area contributed by atoms with Crippen LogP contribution in [-0.4, -0.2) is 59.1 Å². The third-order valence-electron chi connectivity index (χ3n) is 7.85. The van der Waals surface area contributed by atoms with Gasteiger partial charge in [0.05, 0.1) is 35.4 Å². The molecule has 11 nitrogen and oxygen atoms in total. The number of aliphatic hydroxyl groups is 1. The lowest BCUT2D eigenvalue weighted by Crippen LogP contribution is -2.47. The highest BCUT2D eigenvalue weighted by molar-refractivity contribution is 7.07. The van der Waals surface area contributed by atoms with Crippen LogP contribution in [0.4, 0.5) is 4.79 Å². The maximum Gasteiger partial charge on any atom is 0.404 e. The average Bonchev–Trinajstić information content (AvgIpc) is 3.65. The number of primary amides is 1. The Bertz CT molecular complexity index is 1830. The zero-order valence-electron chi connectivity index (χ0n) is 23.4. The van der Waals surface area contributed by atoms with Crippen LogP contribution in [0.2, 0.25) is 5.02 Å². The zero-order valence-corrected chi connectivity index (χ0v) is 25.0. The first-order valence-corrected chi connectivity index (χ1v) is 15.1. The molecule has 5 aromatic rings. The summed E-state index contributed by atoms with van der Waals surface area (Å²) in [4.78, 5) is 35.5. The lowest BCUT2D eigenvalue weighted by atomic mass is 9.91. The summed E-state index contributed by atoms with van der Waals surface area (Å²) >= 11 is 8.15. The van der Waals surface area contributed by atoms with Crippen molar-refractivity contribution >= 4 is 40.1 Å². The molecule has 0 radical (unpaired) electrons. The van der Waals surface area contributed by atoms with Crippen LogP contribution in [-0.2, 0) is 31.5 Å². The number of carbonyl (C=O) groups is 1. The van der Waals surface area contributed by atoms with Gasteiger partial charge in [0.25, 0.3) is 5.56 Å². The molecule has 1 fully saturated rings. The van der Waals surface area contributed by atoms with Crippen LogP contribution < -0.4 is 11.3 Å². The Balaban J connectivity index is 1.13. The molecule has 13 heteroatoms. The number of amides is 1. The number of hydrogen-bond acceptors (Lipinski definition) is 9.